The average molecular weight is 314 g/mol. The van der Waals surface area contributed by atoms with Crippen molar-refractivity contribution in [3.63, 3.8) is 0 Å². The molecule has 2 unspecified atom stereocenters. The van der Waals surface area contributed by atoms with Gasteiger partial charge in [-0.3, -0.25) is 0 Å². The third-order valence-electron chi connectivity index (χ3n) is 4.18. The Morgan fingerprint density at radius 3 is 2.95 bits per heavy atom. The topological polar surface area (TPSA) is 81.2 Å². The van der Waals surface area contributed by atoms with Crippen molar-refractivity contribution in [2.24, 2.45) is 11.7 Å². The molecular weight excluding hydrogens is 288 g/mol. The van der Waals surface area contributed by atoms with Crippen molar-refractivity contribution in [2.75, 3.05) is 19.3 Å². The minimum atomic E-state index is -3.08. The van der Waals surface area contributed by atoms with Crippen molar-refractivity contribution in [3.8, 4) is 0 Å². The summed E-state index contributed by atoms with van der Waals surface area (Å²) in [5, 5.41) is 0. The van der Waals surface area contributed by atoms with E-state index in [1.165, 1.54) is 6.26 Å². The average Bonchev–Trinajstić information content (AvgIpc) is 2.85. The monoisotopic (exact) mass is 314 g/mol. The van der Waals surface area contributed by atoms with Crippen LogP contribution in [0.25, 0.3) is 0 Å². The molecule has 6 nitrogen and oxygen atoms in total. The lowest BCUT2D eigenvalue weighted by Crippen LogP contribution is -2.40. The molecule has 0 aliphatic carbocycles. The number of imidazole rings is 1. The Bertz CT molecular complexity index is 555. The maximum atomic E-state index is 11.7. The van der Waals surface area contributed by atoms with E-state index in [4.69, 9.17) is 5.73 Å². The first-order valence-corrected chi connectivity index (χ1v) is 9.45. The second kappa shape index (κ2) is 6.89. The third kappa shape index (κ3) is 4.52. The van der Waals surface area contributed by atoms with E-state index in [0.29, 0.717) is 19.0 Å². The number of sulfonamides is 1. The van der Waals surface area contributed by atoms with E-state index in [-0.39, 0.29) is 6.04 Å². The zero-order valence-corrected chi connectivity index (χ0v) is 13.7. The molecule has 0 saturated carbocycles. The molecule has 0 bridgehead atoms. The molecule has 0 amide bonds. The van der Waals surface area contributed by atoms with Gasteiger partial charge in [0.2, 0.25) is 10.0 Å². The quantitative estimate of drug-likeness (QED) is 0.843. The molecule has 2 atom stereocenters. The zero-order valence-electron chi connectivity index (χ0n) is 12.9. The first-order chi connectivity index (χ1) is 9.90. The van der Waals surface area contributed by atoms with Crippen molar-refractivity contribution in [1.82, 2.24) is 13.9 Å². The third-order valence-corrected chi connectivity index (χ3v) is 5.45. The first kappa shape index (κ1) is 16.5. The lowest BCUT2D eigenvalue weighted by Gasteiger charge is -2.31. The highest BCUT2D eigenvalue weighted by Crippen LogP contribution is 2.21. The molecule has 2 N–H and O–H groups in total. The van der Waals surface area contributed by atoms with Gasteiger partial charge in [-0.1, -0.05) is 6.92 Å². The van der Waals surface area contributed by atoms with Gasteiger partial charge in [0.15, 0.2) is 0 Å². The zero-order chi connectivity index (χ0) is 15.5. The van der Waals surface area contributed by atoms with E-state index in [9.17, 15) is 8.42 Å². The van der Waals surface area contributed by atoms with Crippen molar-refractivity contribution in [2.45, 2.75) is 45.2 Å². The summed E-state index contributed by atoms with van der Waals surface area (Å²) in [6, 6.07) is 0.130. The van der Waals surface area contributed by atoms with Crippen LogP contribution in [0.3, 0.4) is 0 Å². The van der Waals surface area contributed by atoms with E-state index in [1.807, 2.05) is 6.20 Å². The molecular formula is C14H26N4O2S. The fourth-order valence-electron chi connectivity index (χ4n) is 2.83. The summed E-state index contributed by atoms with van der Waals surface area (Å²) in [6.07, 6.45) is 8.74. The van der Waals surface area contributed by atoms with Gasteiger partial charge in [0, 0.05) is 44.5 Å². The highest BCUT2D eigenvalue weighted by molar-refractivity contribution is 7.88. The summed E-state index contributed by atoms with van der Waals surface area (Å²) in [7, 11) is -3.08. The number of piperidine rings is 1. The minimum absolute atomic E-state index is 0.130. The highest BCUT2D eigenvalue weighted by atomic mass is 32.2. The van der Waals surface area contributed by atoms with Gasteiger partial charge in [0.05, 0.1) is 6.26 Å². The molecule has 1 aromatic rings. The molecule has 1 saturated heterocycles. The molecule has 2 heterocycles. The van der Waals surface area contributed by atoms with Crippen molar-refractivity contribution < 1.29 is 8.42 Å². The van der Waals surface area contributed by atoms with Crippen LogP contribution in [0.5, 0.6) is 0 Å². The second-order valence-electron chi connectivity index (χ2n) is 6.00. The highest BCUT2D eigenvalue weighted by Gasteiger charge is 2.26. The Morgan fingerprint density at radius 1 is 1.52 bits per heavy atom. The smallest absolute Gasteiger partial charge is 0.211 e. The standard InChI is InChI=1S/C14H26N4O2S/c1-3-13(15)9-14-16-6-8-17(14)10-12-5-4-7-18(11-12)21(2,19)20/h6,8,12-13H,3-5,7,9-11,15H2,1-2H3. The number of aromatic nitrogens is 2. The fraction of sp³-hybridized carbons (Fsp3) is 0.786. The molecule has 1 aromatic heterocycles. The molecule has 0 spiro atoms. The molecule has 2 rings (SSSR count). The van der Waals surface area contributed by atoms with E-state index in [2.05, 4.69) is 16.5 Å². The van der Waals surface area contributed by atoms with Crippen LogP contribution in [-0.2, 0) is 23.0 Å². The Kier molecular flexibility index (Phi) is 5.40. The van der Waals surface area contributed by atoms with Crippen LogP contribution in [0.4, 0.5) is 0 Å². The minimum Gasteiger partial charge on any atom is -0.335 e. The van der Waals surface area contributed by atoms with E-state index >= 15 is 0 Å². The summed E-state index contributed by atoms with van der Waals surface area (Å²) in [6.45, 7) is 4.14. The molecule has 21 heavy (non-hydrogen) atoms. The van der Waals surface area contributed by atoms with Crippen molar-refractivity contribution in [1.29, 1.82) is 0 Å². The summed E-state index contributed by atoms with van der Waals surface area (Å²) >= 11 is 0. The van der Waals surface area contributed by atoms with Gasteiger partial charge in [-0.25, -0.2) is 17.7 Å². The van der Waals surface area contributed by atoms with Gasteiger partial charge in [-0.15, -0.1) is 0 Å². The largest absolute Gasteiger partial charge is 0.335 e. The van der Waals surface area contributed by atoms with E-state index < -0.39 is 10.0 Å². The number of nitrogens with two attached hydrogens (primary N) is 1. The predicted molar refractivity (Wildman–Crippen MR) is 83.3 cm³/mol. The lowest BCUT2D eigenvalue weighted by atomic mass is 9.99. The van der Waals surface area contributed by atoms with Crippen LogP contribution in [0.15, 0.2) is 12.4 Å². The van der Waals surface area contributed by atoms with Gasteiger partial charge in [0.25, 0.3) is 0 Å². The van der Waals surface area contributed by atoms with Crippen molar-refractivity contribution in [3.05, 3.63) is 18.2 Å². The Hall–Kier alpha value is -0.920. The van der Waals surface area contributed by atoms with Crippen LogP contribution in [-0.4, -0.2) is 47.7 Å². The number of nitrogens with zero attached hydrogens (tertiary/aromatic N) is 3. The Balaban J connectivity index is 2.00. The van der Waals surface area contributed by atoms with Crippen LogP contribution < -0.4 is 5.73 Å². The maximum absolute atomic E-state index is 11.7. The maximum Gasteiger partial charge on any atom is 0.211 e. The first-order valence-electron chi connectivity index (χ1n) is 7.61. The summed E-state index contributed by atoms with van der Waals surface area (Å²) < 4.78 is 27.1. The van der Waals surface area contributed by atoms with Crippen LogP contribution in [0.2, 0.25) is 0 Å². The SMILES string of the molecule is CCC(N)Cc1nccn1CC1CCCN(S(C)(=O)=O)C1. The molecule has 1 fully saturated rings. The van der Waals surface area contributed by atoms with Gasteiger partial charge in [0.1, 0.15) is 5.82 Å². The normalized spacial score (nSPS) is 22.3. The number of rotatable bonds is 6. The molecule has 0 aromatic carbocycles. The fourth-order valence-corrected chi connectivity index (χ4v) is 3.77. The van der Waals surface area contributed by atoms with Crippen LogP contribution in [0.1, 0.15) is 32.0 Å². The summed E-state index contributed by atoms with van der Waals surface area (Å²) in [5.74, 6) is 1.35. The molecule has 0 radical (unpaired) electrons. The van der Waals surface area contributed by atoms with Crippen LogP contribution in [0, 0.1) is 5.92 Å². The second-order valence-corrected chi connectivity index (χ2v) is 7.98. The Labute approximate surface area is 127 Å². The summed E-state index contributed by atoms with van der Waals surface area (Å²) in [5.41, 5.74) is 6.00. The van der Waals surface area contributed by atoms with Gasteiger partial charge < -0.3 is 10.3 Å². The number of hydrogen-bond donors (Lipinski definition) is 1. The predicted octanol–water partition coefficient (Wildman–Crippen LogP) is 0.835. The van der Waals surface area contributed by atoms with Gasteiger partial charge >= 0.3 is 0 Å². The molecule has 120 valence electrons. The molecule has 1 aliphatic rings. The van der Waals surface area contributed by atoms with Crippen molar-refractivity contribution >= 4 is 10.0 Å². The van der Waals surface area contributed by atoms with Gasteiger partial charge in [-0.05, 0) is 25.2 Å². The summed E-state index contributed by atoms with van der Waals surface area (Å²) in [4.78, 5) is 4.39. The van der Waals surface area contributed by atoms with Gasteiger partial charge in [-0.2, -0.15) is 0 Å². The molecule has 7 heteroatoms. The molecule has 1 aliphatic heterocycles. The number of hydrogen-bond acceptors (Lipinski definition) is 4. The van der Waals surface area contributed by atoms with Crippen LogP contribution >= 0.6 is 0 Å². The lowest BCUT2D eigenvalue weighted by molar-refractivity contribution is 0.244. The van der Waals surface area contributed by atoms with E-state index in [0.717, 1.165) is 38.1 Å². The van der Waals surface area contributed by atoms with E-state index in [1.54, 1.807) is 10.5 Å². The Morgan fingerprint density at radius 2 is 2.29 bits per heavy atom.